The molecule has 110 valence electrons. The van der Waals surface area contributed by atoms with Crippen molar-refractivity contribution in [2.45, 2.75) is 19.8 Å². The smallest absolute Gasteiger partial charge is 0.236 e. The molecule has 0 aromatic rings. The monoisotopic (exact) mass is 268 g/mol. The van der Waals surface area contributed by atoms with E-state index in [2.05, 4.69) is 16.7 Å². The minimum Gasteiger partial charge on any atom is -0.342 e. The molecule has 2 fully saturated rings. The minimum atomic E-state index is 0.321. The third-order valence-electron chi connectivity index (χ3n) is 4.25. The highest BCUT2D eigenvalue weighted by atomic mass is 16.2. The summed E-state index contributed by atoms with van der Waals surface area (Å²) in [5.41, 5.74) is 5.66. The third-order valence-corrected chi connectivity index (χ3v) is 4.25. The zero-order valence-corrected chi connectivity index (χ0v) is 12.2. The van der Waals surface area contributed by atoms with Crippen molar-refractivity contribution in [2.24, 2.45) is 11.7 Å². The molecule has 0 bridgehead atoms. The highest BCUT2D eigenvalue weighted by Crippen LogP contribution is 2.10. The van der Waals surface area contributed by atoms with Crippen LogP contribution >= 0.6 is 0 Å². The van der Waals surface area contributed by atoms with Gasteiger partial charge in [0.05, 0.1) is 6.54 Å². The van der Waals surface area contributed by atoms with E-state index in [0.717, 1.165) is 52.4 Å². The maximum atomic E-state index is 12.1. The van der Waals surface area contributed by atoms with Crippen molar-refractivity contribution in [3.05, 3.63) is 0 Å². The standard InChI is InChI=1S/C14H28N4O/c1-13(10-15)11-16-6-8-17(9-7-16)12-14(19)18-4-2-3-5-18/h13H,2-12,15H2,1H3. The molecule has 2 aliphatic heterocycles. The number of amides is 1. The van der Waals surface area contributed by atoms with Gasteiger partial charge in [0.25, 0.3) is 0 Å². The fraction of sp³-hybridized carbons (Fsp3) is 0.929. The summed E-state index contributed by atoms with van der Waals surface area (Å²) >= 11 is 0. The van der Waals surface area contributed by atoms with E-state index in [1.807, 2.05) is 4.90 Å². The van der Waals surface area contributed by atoms with Crippen LogP contribution in [-0.2, 0) is 4.79 Å². The second-order valence-corrected chi connectivity index (χ2v) is 6.01. The molecule has 1 amide bonds. The van der Waals surface area contributed by atoms with Gasteiger partial charge in [0.15, 0.2) is 0 Å². The lowest BCUT2D eigenvalue weighted by molar-refractivity contribution is -0.131. The Labute approximate surface area is 116 Å². The van der Waals surface area contributed by atoms with Gasteiger partial charge >= 0.3 is 0 Å². The quantitative estimate of drug-likeness (QED) is 0.752. The Kier molecular flexibility index (Phi) is 5.60. The van der Waals surface area contributed by atoms with Crippen molar-refractivity contribution >= 4 is 5.91 Å². The van der Waals surface area contributed by atoms with Gasteiger partial charge in [0, 0.05) is 45.8 Å². The Morgan fingerprint density at radius 3 is 2.21 bits per heavy atom. The number of carbonyl (C=O) groups is 1. The summed E-state index contributed by atoms with van der Waals surface area (Å²) in [4.78, 5) is 18.9. The number of nitrogens with two attached hydrogens (primary N) is 1. The number of likely N-dealkylation sites (tertiary alicyclic amines) is 1. The van der Waals surface area contributed by atoms with E-state index in [1.54, 1.807) is 0 Å². The maximum Gasteiger partial charge on any atom is 0.236 e. The SMILES string of the molecule is CC(CN)CN1CCN(CC(=O)N2CCCC2)CC1. The van der Waals surface area contributed by atoms with Crippen LogP contribution < -0.4 is 5.73 Å². The molecule has 0 aromatic carbocycles. The van der Waals surface area contributed by atoms with Crippen molar-refractivity contribution < 1.29 is 4.79 Å². The number of carbonyl (C=O) groups excluding carboxylic acids is 1. The van der Waals surface area contributed by atoms with Crippen LogP contribution in [0.15, 0.2) is 0 Å². The highest BCUT2D eigenvalue weighted by molar-refractivity contribution is 5.78. The zero-order chi connectivity index (χ0) is 13.7. The molecule has 1 unspecified atom stereocenters. The van der Waals surface area contributed by atoms with E-state index in [-0.39, 0.29) is 0 Å². The van der Waals surface area contributed by atoms with E-state index in [0.29, 0.717) is 18.4 Å². The average Bonchev–Trinajstić information content (AvgIpc) is 2.95. The van der Waals surface area contributed by atoms with Crippen molar-refractivity contribution in [1.29, 1.82) is 0 Å². The first kappa shape index (κ1) is 14.8. The van der Waals surface area contributed by atoms with Gasteiger partial charge in [0.1, 0.15) is 0 Å². The van der Waals surface area contributed by atoms with E-state index in [4.69, 9.17) is 5.73 Å². The van der Waals surface area contributed by atoms with Crippen LogP contribution in [0.3, 0.4) is 0 Å². The van der Waals surface area contributed by atoms with Crippen LogP contribution in [-0.4, -0.2) is 79.5 Å². The second kappa shape index (κ2) is 7.22. The van der Waals surface area contributed by atoms with Crippen LogP contribution in [0.25, 0.3) is 0 Å². The average molecular weight is 268 g/mol. The molecule has 2 heterocycles. The molecule has 19 heavy (non-hydrogen) atoms. The number of hydrogen-bond donors (Lipinski definition) is 1. The van der Waals surface area contributed by atoms with Crippen LogP contribution in [0, 0.1) is 5.92 Å². The van der Waals surface area contributed by atoms with Gasteiger partial charge < -0.3 is 15.5 Å². The van der Waals surface area contributed by atoms with E-state index < -0.39 is 0 Å². The molecule has 1 atom stereocenters. The van der Waals surface area contributed by atoms with Crippen molar-refractivity contribution in [2.75, 3.05) is 58.9 Å². The molecule has 2 saturated heterocycles. The molecular formula is C14H28N4O. The fourth-order valence-electron chi connectivity index (χ4n) is 2.90. The van der Waals surface area contributed by atoms with Crippen molar-refractivity contribution in [3.63, 3.8) is 0 Å². The summed E-state index contributed by atoms with van der Waals surface area (Å²) in [5.74, 6) is 0.888. The second-order valence-electron chi connectivity index (χ2n) is 6.01. The highest BCUT2D eigenvalue weighted by Gasteiger charge is 2.23. The summed E-state index contributed by atoms with van der Waals surface area (Å²) in [6.45, 7) is 10.7. The summed E-state index contributed by atoms with van der Waals surface area (Å²) in [6, 6.07) is 0. The first-order valence-electron chi connectivity index (χ1n) is 7.61. The van der Waals surface area contributed by atoms with E-state index >= 15 is 0 Å². The fourth-order valence-corrected chi connectivity index (χ4v) is 2.90. The topological polar surface area (TPSA) is 52.8 Å². The van der Waals surface area contributed by atoms with Gasteiger partial charge in [-0.25, -0.2) is 0 Å². The van der Waals surface area contributed by atoms with E-state index in [1.165, 1.54) is 12.8 Å². The Balaban J connectivity index is 1.66. The van der Waals surface area contributed by atoms with Gasteiger partial charge in [-0.3, -0.25) is 9.69 Å². The Bertz CT molecular complexity index is 283. The summed E-state index contributed by atoms with van der Waals surface area (Å²) < 4.78 is 0. The minimum absolute atomic E-state index is 0.321. The molecule has 0 aliphatic carbocycles. The lowest BCUT2D eigenvalue weighted by Crippen LogP contribution is -2.50. The Morgan fingerprint density at radius 1 is 1.05 bits per heavy atom. The van der Waals surface area contributed by atoms with Crippen LogP contribution in [0.4, 0.5) is 0 Å². The molecule has 0 saturated carbocycles. The maximum absolute atomic E-state index is 12.1. The summed E-state index contributed by atoms with van der Waals surface area (Å²) in [6.07, 6.45) is 2.35. The van der Waals surface area contributed by atoms with Gasteiger partial charge in [0.2, 0.25) is 5.91 Å². The number of nitrogens with zero attached hydrogens (tertiary/aromatic N) is 3. The summed E-state index contributed by atoms with van der Waals surface area (Å²) in [5, 5.41) is 0. The van der Waals surface area contributed by atoms with Crippen LogP contribution in [0.1, 0.15) is 19.8 Å². The van der Waals surface area contributed by atoms with Crippen LogP contribution in [0.2, 0.25) is 0 Å². The molecule has 5 heteroatoms. The number of hydrogen-bond acceptors (Lipinski definition) is 4. The largest absolute Gasteiger partial charge is 0.342 e. The molecule has 0 radical (unpaired) electrons. The molecule has 5 nitrogen and oxygen atoms in total. The van der Waals surface area contributed by atoms with E-state index in [9.17, 15) is 4.79 Å². The predicted octanol–water partition coefficient (Wildman–Crippen LogP) is -0.179. The number of piperazine rings is 1. The van der Waals surface area contributed by atoms with Gasteiger partial charge in [-0.15, -0.1) is 0 Å². The van der Waals surface area contributed by atoms with Crippen LogP contribution in [0.5, 0.6) is 0 Å². The first-order chi connectivity index (χ1) is 9.19. The van der Waals surface area contributed by atoms with Gasteiger partial charge in [-0.1, -0.05) is 6.92 Å². The number of rotatable bonds is 5. The Hall–Kier alpha value is -0.650. The summed E-state index contributed by atoms with van der Waals surface area (Å²) in [7, 11) is 0. The lowest BCUT2D eigenvalue weighted by atomic mass is 10.1. The molecule has 2 aliphatic rings. The Morgan fingerprint density at radius 2 is 1.63 bits per heavy atom. The molecule has 2 N–H and O–H groups in total. The molecular weight excluding hydrogens is 240 g/mol. The molecule has 0 spiro atoms. The lowest BCUT2D eigenvalue weighted by Gasteiger charge is -2.36. The van der Waals surface area contributed by atoms with Crippen molar-refractivity contribution in [1.82, 2.24) is 14.7 Å². The van der Waals surface area contributed by atoms with Crippen molar-refractivity contribution in [3.8, 4) is 0 Å². The van der Waals surface area contributed by atoms with Gasteiger partial charge in [-0.2, -0.15) is 0 Å². The third kappa shape index (κ3) is 4.44. The molecule has 0 aromatic heterocycles. The predicted molar refractivity (Wildman–Crippen MR) is 76.9 cm³/mol. The first-order valence-corrected chi connectivity index (χ1v) is 7.61. The van der Waals surface area contributed by atoms with Gasteiger partial charge in [-0.05, 0) is 25.3 Å². The normalized spacial score (nSPS) is 23.8. The zero-order valence-electron chi connectivity index (χ0n) is 12.2. The molecule has 2 rings (SSSR count).